The van der Waals surface area contributed by atoms with Crippen LogP contribution in [-0.4, -0.2) is 51.2 Å². The van der Waals surface area contributed by atoms with Gasteiger partial charge in [-0.2, -0.15) is 0 Å². The molecule has 0 bridgehead atoms. The number of hydrogen-bond acceptors (Lipinski definition) is 7. The van der Waals surface area contributed by atoms with Gasteiger partial charge in [-0.15, -0.1) is 0 Å². The first-order chi connectivity index (χ1) is 22.4. The normalized spacial score (nSPS) is 21.2. The first-order valence-electron chi connectivity index (χ1n) is 15.8. The first-order valence-corrected chi connectivity index (χ1v) is 17.2. The molecule has 1 spiro atoms. The summed E-state index contributed by atoms with van der Waals surface area (Å²) in [5.74, 6) is 1.39. The number of anilines is 2. The lowest BCUT2D eigenvalue weighted by molar-refractivity contribution is 0.149. The zero-order valence-electron chi connectivity index (χ0n) is 25.4. The highest BCUT2D eigenvalue weighted by atomic mass is 32.2. The van der Waals surface area contributed by atoms with Crippen LogP contribution in [0.1, 0.15) is 31.2 Å². The van der Waals surface area contributed by atoms with Crippen molar-refractivity contribution < 1.29 is 13.5 Å². The van der Waals surface area contributed by atoms with Gasteiger partial charge >= 0.3 is 0 Å². The van der Waals surface area contributed by atoms with Crippen molar-refractivity contribution in [2.75, 3.05) is 18.6 Å². The molecule has 4 aromatic carbocycles. The fraction of sp³-hybridized carbons (Fsp3) is 0.243. The molecule has 1 saturated heterocycles. The number of nitrogens with one attached hydrogen (secondary N) is 1. The topological polar surface area (TPSA) is 100 Å². The Bertz CT molecular complexity index is 2160. The van der Waals surface area contributed by atoms with E-state index in [-0.39, 0.29) is 11.6 Å². The fourth-order valence-corrected chi connectivity index (χ4v) is 8.54. The molecule has 2 aromatic heterocycles. The second-order valence-corrected chi connectivity index (χ2v) is 14.5. The molecule has 2 N–H and O–H groups in total. The summed E-state index contributed by atoms with van der Waals surface area (Å²) in [6.45, 7) is 1.25. The van der Waals surface area contributed by atoms with E-state index < -0.39 is 10.0 Å². The number of fused-ring (bicyclic) bond motifs is 2. The lowest BCUT2D eigenvalue weighted by Gasteiger charge is -2.29. The van der Waals surface area contributed by atoms with Crippen LogP contribution in [0.4, 0.5) is 11.5 Å². The maximum atomic E-state index is 13.3. The van der Waals surface area contributed by atoms with E-state index in [1.165, 1.54) is 35.2 Å². The Hall–Kier alpha value is -4.57. The lowest BCUT2D eigenvalue weighted by Crippen LogP contribution is -2.27. The van der Waals surface area contributed by atoms with Gasteiger partial charge in [0.25, 0.3) is 10.0 Å². The summed E-state index contributed by atoms with van der Waals surface area (Å²) < 4.78 is 27.8. The van der Waals surface area contributed by atoms with E-state index in [0.717, 1.165) is 46.1 Å². The monoisotopic (exact) mass is 629 g/mol. The minimum Gasteiger partial charge on any atom is -0.381 e. The van der Waals surface area contributed by atoms with Crippen LogP contribution in [-0.2, 0) is 16.4 Å². The molecule has 232 valence electrons. The number of aromatic nitrogens is 3. The van der Waals surface area contributed by atoms with Gasteiger partial charge in [0.05, 0.1) is 22.7 Å². The number of aliphatic hydroxyl groups excluding tert-OH is 1. The van der Waals surface area contributed by atoms with Crippen LogP contribution in [0.3, 0.4) is 0 Å². The van der Waals surface area contributed by atoms with Crippen molar-refractivity contribution in [1.82, 2.24) is 18.8 Å². The highest BCUT2D eigenvalue weighted by Gasteiger charge is 2.52. The van der Waals surface area contributed by atoms with Gasteiger partial charge in [-0.25, -0.2) is 22.4 Å². The van der Waals surface area contributed by atoms with Gasteiger partial charge in [0.1, 0.15) is 12.1 Å². The molecule has 1 atom stereocenters. The summed E-state index contributed by atoms with van der Waals surface area (Å²) in [6, 6.07) is 31.0. The van der Waals surface area contributed by atoms with Gasteiger partial charge in [-0.1, -0.05) is 48.5 Å². The Labute approximate surface area is 268 Å². The highest BCUT2D eigenvalue weighted by molar-refractivity contribution is 7.90. The molecule has 2 fully saturated rings. The predicted octanol–water partition coefficient (Wildman–Crippen LogP) is 6.97. The molecule has 2 aliphatic rings. The quantitative estimate of drug-likeness (QED) is 0.176. The van der Waals surface area contributed by atoms with Crippen LogP contribution in [0, 0.1) is 5.92 Å². The number of nitrogens with zero attached hydrogens (tertiary/aromatic N) is 4. The van der Waals surface area contributed by atoms with Crippen molar-refractivity contribution in [2.24, 2.45) is 5.92 Å². The Morgan fingerprint density at radius 2 is 1.65 bits per heavy atom. The minimum absolute atomic E-state index is 0.193. The fourth-order valence-electron chi connectivity index (χ4n) is 7.16. The molecular weight excluding hydrogens is 595 g/mol. The van der Waals surface area contributed by atoms with Crippen LogP contribution in [0.25, 0.3) is 32.9 Å². The number of benzene rings is 4. The summed E-state index contributed by atoms with van der Waals surface area (Å²) in [7, 11) is -3.70. The van der Waals surface area contributed by atoms with Crippen LogP contribution in [0.2, 0.25) is 0 Å². The molecule has 46 heavy (non-hydrogen) atoms. The van der Waals surface area contributed by atoms with Crippen molar-refractivity contribution in [3.8, 4) is 11.1 Å². The van der Waals surface area contributed by atoms with Gasteiger partial charge in [0.2, 0.25) is 0 Å². The third-order valence-electron chi connectivity index (χ3n) is 9.92. The summed E-state index contributed by atoms with van der Waals surface area (Å²) in [5, 5.41) is 14.6. The maximum absolute atomic E-state index is 13.3. The van der Waals surface area contributed by atoms with E-state index in [9.17, 15) is 13.5 Å². The van der Waals surface area contributed by atoms with Crippen molar-refractivity contribution in [3.63, 3.8) is 0 Å². The second kappa shape index (κ2) is 11.3. The van der Waals surface area contributed by atoms with Gasteiger partial charge < -0.3 is 10.4 Å². The zero-order chi connectivity index (χ0) is 31.3. The van der Waals surface area contributed by atoms with E-state index in [4.69, 9.17) is 0 Å². The highest BCUT2D eigenvalue weighted by Crippen LogP contribution is 2.46. The molecule has 0 amide bonds. The summed E-state index contributed by atoms with van der Waals surface area (Å²) >= 11 is 0. The molecule has 3 heterocycles. The SMILES string of the molecule is O=S(=O)(c1ccccc1)n1ccc2cc(Nc3ncnc4ccc(-c5ccc(CC6CCC7(CC6)CN7CO)cc5)cc34)ccc21. The van der Waals surface area contributed by atoms with Gasteiger partial charge in [0, 0.05) is 34.7 Å². The van der Waals surface area contributed by atoms with Crippen LogP contribution < -0.4 is 5.32 Å². The number of aliphatic hydroxyl groups is 1. The molecule has 8 nitrogen and oxygen atoms in total. The number of rotatable bonds is 8. The maximum Gasteiger partial charge on any atom is 0.268 e. The zero-order valence-corrected chi connectivity index (χ0v) is 26.2. The Morgan fingerprint density at radius 1 is 0.870 bits per heavy atom. The predicted molar refractivity (Wildman–Crippen MR) is 181 cm³/mol. The molecule has 1 aliphatic carbocycles. The smallest absolute Gasteiger partial charge is 0.268 e. The molecule has 8 rings (SSSR count). The van der Waals surface area contributed by atoms with E-state index in [1.807, 2.05) is 30.3 Å². The standard InChI is InChI=1S/C37H35N5O3S/c43-25-41-23-37(41)17-14-27(15-18-37)20-26-6-8-28(9-7-26)29-10-12-34-33(22-29)36(39-24-38-34)40-31-11-13-35-30(21-31)16-19-42(35)46(44,45)32-4-2-1-3-5-32/h1-13,16,19,21-22,24,27,43H,14-15,17-18,20,23,25H2,(H,38,39,40). The van der Waals surface area contributed by atoms with E-state index >= 15 is 0 Å². The molecule has 9 heteroatoms. The van der Waals surface area contributed by atoms with E-state index in [2.05, 4.69) is 56.6 Å². The van der Waals surface area contributed by atoms with Crippen molar-refractivity contribution in [2.45, 2.75) is 42.5 Å². The van der Waals surface area contributed by atoms with Crippen LogP contribution >= 0.6 is 0 Å². The van der Waals surface area contributed by atoms with Crippen molar-refractivity contribution in [3.05, 3.63) is 115 Å². The third-order valence-corrected chi connectivity index (χ3v) is 11.6. The first kappa shape index (κ1) is 28.9. The van der Waals surface area contributed by atoms with Crippen LogP contribution in [0.15, 0.2) is 114 Å². The van der Waals surface area contributed by atoms with E-state index in [0.29, 0.717) is 22.8 Å². The van der Waals surface area contributed by atoms with Gasteiger partial charge in [0.15, 0.2) is 0 Å². The second-order valence-electron chi connectivity index (χ2n) is 12.7. The third kappa shape index (κ3) is 5.24. The summed E-state index contributed by atoms with van der Waals surface area (Å²) in [6.07, 6.45) is 9.09. The Balaban J connectivity index is 1.00. The summed E-state index contributed by atoms with van der Waals surface area (Å²) in [4.78, 5) is 11.5. The Morgan fingerprint density at radius 3 is 2.41 bits per heavy atom. The summed E-state index contributed by atoms with van der Waals surface area (Å²) in [5.41, 5.74) is 6.15. The average molecular weight is 630 g/mol. The molecule has 0 radical (unpaired) electrons. The molecule has 1 unspecified atom stereocenters. The average Bonchev–Trinajstić information content (AvgIpc) is 3.60. The largest absolute Gasteiger partial charge is 0.381 e. The molecule has 1 saturated carbocycles. The van der Waals surface area contributed by atoms with Gasteiger partial charge in [-0.05, 0) is 103 Å². The molecule has 1 aliphatic heterocycles. The van der Waals surface area contributed by atoms with E-state index in [1.54, 1.807) is 42.9 Å². The van der Waals surface area contributed by atoms with Crippen LogP contribution in [0.5, 0.6) is 0 Å². The van der Waals surface area contributed by atoms with Crippen molar-refractivity contribution in [1.29, 1.82) is 0 Å². The minimum atomic E-state index is -3.70. The lowest BCUT2D eigenvalue weighted by atomic mass is 9.78. The van der Waals surface area contributed by atoms with Gasteiger partial charge in [-0.3, -0.25) is 4.90 Å². The number of hydrogen-bond donors (Lipinski definition) is 2. The van der Waals surface area contributed by atoms with Crippen molar-refractivity contribution >= 4 is 43.3 Å². The molecular formula is C37H35N5O3S. The molecule has 6 aromatic rings. The Kier molecular flexibility index (Phi) is 7.12.